The van der Waals surface area contributed by atoms with Gasteiger partial charge in [0.05, 0.1) is 6.42 Å². The zero-order valence-electron chi connectivity index (χ0n) is 9.49. The van der Waals surface area contributed by atoms with Gasteiger partial charge < -0.3 is 5.11 Å². The lowest BCUT2D eigenvalue weighted by molar-refractivity contribution is -0.136. The van der Waals surface area contributed by atoms with Crippen LogP contribution in [0.25, 0.3) is 0 Å². The molecule has 1 aromatic rings. The third kappa shape index (κ3) is 3.49. The molecule has 0 amide bonds. The molecule has 1 aliphatic rings. The Hall–Kier alpha value is -0.480. The van der Waals surface area contributed by atoms with Gasteiger partial charge in [-0.05, 0) is 47.5 Å². The first-order valence-corrected chi connectivity index (χ1v) is 7.69. The molecule has 2 rings (SSSR count). The zero-order valence-corrected chi connectivity index (χ0v) is 11.9. The number of halogens is 1. The predicted octanol–water partition coefficient (Wildman–Crippen LogP) is 3.69. The lowest BCUT2D eigenvalue weighted by Gasteiger charge is -2.23. The van der Waals surface area contributed by atoms with Crippen molar-refractivity contribution in [3.05, 3.63) is 33.8 Å². The molecule has 0 aliphatic carbocycles. The summed E-state index contributed by atoms with van der Waals surface area (Å²) < 4.78 is 1.06. The average Bonchev–Trinajstić information content (AvgIpc) is 2.29. The molecule has 0 saturated carbocycles. The van der Waals surface area contributed by atoms with Crippen molar-refractivity contribution in [2.45, 2.75) is 25.2 Å². The van der Waals surface area contributed by atoms with E-state index in [0.717, 1.165) is 10.0 Å². The van der Waals surface area contributed by atoms with E-state index in [9.17, 15) is 4.79 Å². The Bertz CT molecular complexity index is 414. The molecule has 17 heavy (non-hydrogen) atoms. The minimum absolute atomic E-state index is 0.0966. The first-order chi connectivity index (χ1) is 8.16. The van der Waals surface area contributed by atoms with Gasteiger partial charge in [-0.2, -0.15) is 11.8 Å². The summed E-state index contributed by atoms with van der Waals surface area (Å²) in [6, 6.07) is 5.98. The highest BCUT2D eigenvalue weighted by atomic mass is 79.9. The second kappa shape index (κ2) is 5.91. The minimum Gasteiger partial charge on any atom is -0.481 e. The summed E-state index contributed by atoms with van der Waals surface area (Å²) in [5, 5.41) is 8.76. The normalized spacial score (nSPS) is 17.0. The van der Waals surface area contributed by atoms with Crippen molar-refractivity contribution >= 4 is 33.7 Å². The molecule has 1 fully saturated rings. The van der Waals surface area contributed by atoms with E-state index in [4.69, 9.17) is 5.11 Å². The molecule has 0 unspecified atom stereocenters. The van der Waals surface area contributed by atoms with Crippen molar-refractivity contribution in [3.63, 3.8) is 0 Å². The number of aliphatic carboxylic acids is 1. The number of benzene rings is 1. The summed E-state index contributed by atoms with van der Waals surface area (Å²) in [4.78, 5) is 10.6. The van der Waals surface area contributed by atoms with Crippen molar-refractivity contribution in [1.82, 2.24) is 0 Å². The van der Waals surface area contributed by atoms with E-state index in [1.165, 1.54) is 29.9 Å². The monoisotopic (exact) mass is 314 g/mol. The number of carboxylic acids is 1. The van der Waals surface area contributed by atoms with Gasteiger partial charge in [0.15, 0.2) is 0 Å². The zero-order chi connectivity index (χ0) is 12.3. The van der Waals surface area contributed by atoms with Gasteiger partial charge in [-0.25, -0.2) is 0 Å². The number of carbonyl (C=O) groups is 1. The summed E-state index contributed by atoms with van der Waals surface area (Å²) in [7, 11) is 0. The maximum absolute atomic E-state index is 10.6. The number of rotatable bonds is 3. The van der Waals surface area contributed by atoms with E-state index in [1.807, 2.05) is 23.9 Å². The highest BCUT2D eigenvalue weighted by Gasteiger charge is 2.18. The van der Waals surface area contributed by atoms with Gasteiger partial charge in [0.1, 0.15) is 0 Å². The molecule has 1 aliphatic heterocycles. The van der Waals surface area contributed by atoms with Crippen LogP contribution >= 0.6 is 27.7 Å². The van der Waals surface area contributed by atoms with Crippen LogP contribution < -0.4 is 0 Å². The molecule has 0 bridgehead atoms. The van der Waals surface area contributed by atoms with Gasteiger partial charge >= 0.3 is 5.97 Å². The van der Waals surface area contributed by atoms with Crippen LogP contribution in [0.1, 0.15) is 29.9 Å². The Morgan fingerprint density at radius 2 is 2.12 bits per heavy atom. The van der Waals surface area contributed by atoms with Crippen molar-refractivity contribution in [1.29, 1.82) is 0 Å². The quantitative estimate of drug-likeness (QED) is 0.924. The summed E-state index contributed by atoms with van der Waals surface area (Å²) in [6.07, 6.45) is 2.54. The molecule has 0 atom stereocenters. The van der Waals surface area contributed by atoms with Crippen LogP contribution in [0.5, 0.6) is 0 Å². The van der Waals surface area contributed by atoms with Crippen LogP contribution in [0.4, 0.5) is 0 Å². The van der Waals surface area contributed by atoms with Gasteiger partial charge in [0.25, 0.3) is 0 Å². The Labute approximate surface area is 114 Å². The molecule has 0 aromatic heterocycles. The van der Waals surface area contributed by atoms with Crippen molar-refractivity contribution < 1.29 is 9.90 Å². The molecular weight excluding hydrogens is 300 g/mol. The van der Waals surface area contributed by atoms with Crippen molar-refractivity contribution in [3.8, 4) is 0 Å². The Balaban J connectivity index is 2.15. The van der Waals surface area contributed by atoms with Crippen molar-refractivity contribution in [2.75, 3.05) is 11.5 Å². The van der Waals surface area contributed by atoms with E-state index in [1.54, 1.807) is 0 Å². The number of hydrogen-bond donors (Lipinski definition) is 1. The molecule has 1 aromatic carbocycles. The standard InChI is InChI=1S/C13H15BrO2S/c14-12-7-9(8-13(15)16)1-2-11(12)10-3-5-17-6-4-10/h1-2,7,10H,3-6,8H2,(H,15,16). The molecular formula is C13H15BrO2S. The predicted molar refractivity (Wildman–Crippen MR) is 74.8 cm³/mol. The summed E-state index contributed by atoms with van der Waals surface area (Å²) in [6.45, 7) is 0. The molecule has 92 valence electrons. The topological polar surface area (TPSA) is 37.3 Å². The highest BCUT2D eigenvalue weighted by Crippen LogP contribution is 2.35. The minimum atomic E-state index is -0.779. The van der Waals surface area contributed by atoms with Crippen LogP contribution in [0.15, 0.2) is 22.7 Å². The fraction of sp³-hybridized carbons (Fsp3) is 0.462. The Morgan fingerprint density at radius 3 is 2.71 bits per heavy atom. The highest BCUT2D eigenvalue weighted by molar-refractivity contribution is 9.10. The van der Waals surface area contributed by atoms with Gasteiger partial charge in [-0.3, -0.25) is 4.79 Å². The fourth-order valence-electron chi connectivity index (χ4n) is 2.19. The second-order valence-corrected chi connectivity index (χ2v) is 6.39. The van der Waals surface area contributed by atoms with Gasteiger partial charge in [0.2, 0.25) is 0 Å². The fourth-order valence-corrected chi connectivity index (χ4v) is 4.05. The van der Waals surface area contributed by atoms with Crippen molar-refractivity contribution in [2.24, 2.45) is 0 Å². The number of thioether (sulfide) groups is 1. The van der Waals surface area contributed by atoms with Crippen LogP contribution in [0, 0.1) is 0 Å². The molecule has 0 spiro atoms. The van der Waals surface area contributed by atoms with E-state index < -0.39 is 5.97 Å². The molecule has 0 radical (unpaired) electrons. The lowest BCUT2D eigenvalue weighted by Crippen LogP contribution is -2.09. The maximum Gasteiger partial charge on any atom is 0.307 e. The summed E-state index contributed by atoms with van der Waals surface area (Å²) >= 11 is 5.59. The summed E-state index contributed by atoms with van der Waals surface area (Å²) in [5.74, 6) is 2.31. The van der Waals surface area contributed by atoms with E-state index in [-0.39, 0.29) is 6.42 Å². The van der Waals surface area contributed by atoms with E-state index >= 15 is 0 Å². The number of carboxylic acid groups (broad SMARTS) is 1. The third-order valence-corrected chi connectivity index (χ3v) is 4.82. The van der Waals surface area contributed by atoms with Gasteiger partial charge in [0, 0.05) is 4.47 Å². The Morgan fingerprint density at radius 1 is 1.41 bits per heavy atom. The molecule has 2 nitrogen and oxygen atoms in total. The summed E-state index contributed by atoms with van der Waals surface area (Å²) in [5.41, 5.74) is 2.19. The smallest absolute Gasteiger partial charge is 0.307 e. The molecule has 1 N–H and O–H groups in total. The number of hydrogen-bond acceptors (Lipinski definition) is 2. The average molecular weight is 315 g/mol. The van der Waals surface area contributed by atoms with Crippen LogP contribution in [-0.2, 0) is 11.2 Å². The second-order valence-electron chi connectivity index (χ2n) is 4.31. The largest absolute Gasteiger partial charge is 0.481 e. The Kier molecular flexibility index (Phi) is 4.51. The van der Waals surface area contributed by atoms with Crippen LogP contribution in [-0.4, -0.2) is 22.6 Å². The molecule has 1 saturated heterocycles. The van der Waals surface area contributed by atoms with Gasteiger partial charge in [-0.15, -0.1) is 0 Å². The first kappa shape index (κ1) is 13.0. The van der Waals surface area contributed by atoms with Crippen LogP contribution in [0.3, 0.4) is 0 Å². The first-order valence-electron chi connectivity index (χ1n) is 5.74. The van der Waals surface area contributed by atoms with Gasteiger partial charge in [-0.1, -0.05) is 28.1 Å². The van der Waals surface area contributed by atoms with E-state index in [2.05, 4.69) is 22.0 Å². The van der Waals surface area contributed by atoms with Crippen LogP contribution in [0.2, 0.25) is 0 Å². The van der Waals surface area contributed by atoms with E-state index in [0.29, 0.717) is 5.92 Å². The molecule has 1 heterocycles. The SMILES string of the molecule is O=C(O)Cc1ccc(C2CCSCC2)c(Br)c1. The molecule has 4 heteroatoms. The third-order valence-electron chi connectivity index (χ3n) is 3.08. The lowest BCUT2D eigenvalue weighted by atomic mass is 9.92. The maximum atomic E-state index is 10.6.